The molecule has 2 aromatic carbocycles. The molecule has 0 aromatic heterocycles. The number of allylic oxidation sites excluding steroid dienone is 1. The second-order valence-electron chi connectivity index (χ2n) is 6.56. The molecule has 0 saturated heterocycles. The van der Waals surface area contributed by atoms with E-state index in [0.717, 1.165) is 5.56 Å². The average Bonchev–Trinajstić information content (AvgIpc) is 2.73. The number of ketones is 1. The molecule has 2 rings (SSSR count). The maximum atomic E-state index is 12.4. The van der Waals surface area contributed by atoms with Crippen molar-refractivity contribution in [3.63, 3.8) is 0 Å². The lowest BCUT2D eigenvalue weighted by Gasteiger charge is -2.20. The van der Waals surface area contributed by atoms with E-state index in [-0.39, 0.29) is 11.7 Å². The van der Waals surface area contributed by atoms with Crippen LogP contribution in [0.5, 0.6) is 17.2 Å². The largest absolute Gasteiger partial charge is 0.497 e. The first-order valence-corrected chi connectivity index (χ1v) is 9.36. The highest BCUT2D eigenvalue weighted by molar-refractivity contribution is 6.07. The maximum Gasteiger partial charge on any atom is 0.262 e. The Morgan fingerprint density at radius 2 is 1.86 bits per heavy atom. The van der Waals surface area contributed by atoms with Crippen LogP contribution in [0, 0.1) is 0 Å². The Balaban J connectivity index is 2.19. The third-order valence-corrected chi connectivity index (χ3v) is 4.14. The van der Waals surface area contributed by atoms with Crippen LogP contribution in [-0.4, -0.2) is 50.5 Å². The standard InChI is InChI=1S/C23H27NO5/c1-6-28-22-14-17(11-13-21(22)29-16(2)23(26)24(3)4)10-12-20(25)18-8-7-9-19(15-18)27-5/h7-16H,6H2,1-5H3/b12-10+/t16-/m0/s1. The topological polar surface area (TPSA) is 65.1 Å². The number of hydrogen-bond donors (Lipinski definition) is 0. The van der Waals surface area contributed by atoms with Gasteiger partial charge in [-0.05, 0) is 49.8 Å². The zero-order valence-corrected chi connectivity index (χ0v) is 17.5. The molecule has 0 fully saturated rings. The van der Waals surface area contributed by atoms with Gasteiger partial charge < -0.3 is 19.1 Å². The van der Waals surface area contributed by atoms with Crippen LogP contribution in [0.4, 0.5) is 0 Å². The Kier molecular flexibility index (Phi) is 7.83. The Morgan fingerprint density at radius 1 is 1.10 bits per heavy atom. The number of amides is 1. The lowest BCUT2D eigenvalue weighted by atomic mass is 10.1. The van der Waals surface area contributed by atoms with Gasteiger partial charge in [0.15, 0.2) is 23.4 Å². The molecule has 0 unspecified atom stereocenters. The molecule has 0 spiro atoms. The second kappa shape index (κ2) is 10.3. The van der Waals surface area contributed by atoms with E-state index in [2.05, 4.69) is 0 Å². The molecule has 0 radical (unpaired) electrons. The Labute approximate surface area is 171 Å². The van der Waals surface area contributed by atoms with Gasteiger partial charge in [-0.25, -0.2) is 0 Å². The Hall–Kier alpha value is -3.28. The van der Waals surface area contributed by atoms with Crippen molar-refractivity contribution in [1.29, 1.82) is 0 Å². The highest BCUT2D eigenvalue weighted by Crippen LogP contribution is 2.30. The van der Waals surface area contributed by atoms with Crippen LogP contribution in [0.3, 0.4) is 0 Å². The number of carbonyl (C=O) groups is 2. The number of nitrogens with zero attached hydrogens (tertiary/aromatic N) is 1. The lowest BCUT2D eigenvalue weighted by Crippen LogP contribution is -2.35. The summed E-state index contributed by atoms with van der Waals surface area (Å²) in [6.45, 7) is 4.01. The number of methoxy groups -OCH3 is 1. The minimum Gasteiger partial charge on any atom is -0.497 e. The van der Waals surface area contributed by atoms with Crippen LogP contribution in [0.1, 0.15) is 29.8 Å². The van der Waals surface area contributed by atoms with Crippen molar-refractivity contribution in [3.05, 3.63) is 59.7 Å². The average molecular weight is 397 g/mol. The minimum absolute atomic E-state index is 0.132. The molecule has 0 aliphatic rings. The molecule has 1 atom stereocenters. The van der Waals surface area contributed by atoms with Gasteiger partial charge in [-0.15, -0.1) is 0 Å². The van der Waals surface area contributed by atoms with Crippen LogP contribution < -0.4 is 14.2 Å². The lowest BCUT2D eigenvalue weighted by molar-refractivity contribution is -0.135. The summed E-state index contributed by atoms with van der Waals surface area (Å²) in [5.41, 5.74) is 1.32. The SMILES string of the molecule is CCOc1cc(/C=C/C(=O)c2cccc(OC)c2)ccc1O[C@@H](C)C(=O)N(C)C. The smallest absolute Gasteiger partial charge is 0.262 e. The van der Waals surface area contributed by atoms with Gasteiger partial charge in [0, 0.05) is 19.7 Å². The molecule has 0 saturated carbocycles. The molecule has 6 heteroatoms. The summed E-state index contributed by atoms with van der Waals surface area (Å²) < 4.78 is 16.6. The molecule has 0 bridgehead atoms. The van der Waals surface area contributed by atoms with E-state index >= 15 is 0 Å². The zero-order valence-electron chi connectivity index (χ0n) is 17.5. The summed E-state index contributed by atoms with van der Waals surface area (Å²) in [6, 6.07) is 12.3. The predicted molar refractivity (Wildman–Crippen MR) is 113 cm³/mol. The van der Waals surface area contributed by atoms with Gasteiger partial charge in [0.25, 0.3) is 5.91 Å². The maximum absolute atomic E-state index is 12.4. The fourth-order valence-electron chi connectivity index (χ4n) is 2.64. The van der Waals surface area contributed by atoms with Gasteiger partial charge in [-0.3, -0.25) is 9.59 Å². The monoisotopic (exact) mass is 397 g/mol. The minimum atomic E-state index is -0.639. The summed E-state index contributed by atoms with van der Waals surface area (Å²) in [5.74, 6) is 1.35. The Morgan fingerprint density at radius 3 is 2.52 bits per heavy atom. The molecule has 0 N–H and O–H groups in total. The van der Waals surface area contributed by atoms with Gasteiger partial charge in [-0.1, -0.05) is 24.3 Å². The first-order chi connectivity index (χ1) is 13.8. The van der Waals surface area contributed by atoms with Crippen molar-refractivity contribution in [2.24, 2.45) is 0 Å². The molecule has 0 heterocycles. The molecule has 1 amide bonds. The summed E-state index contributed by atoms with van der Waals surface area (Å²) >= 11 is 0. The molecule has 2 aromatic rings. The highest BCUT2D eigenvalue weighted by atomic mass is 16.5. The summed E-state index contributed by atoms with van der Waals surface area (Å²) in [6.07, 6.45) is 2.57. The van der Waals surface area contributed by atoms with Crippen molar-refractivity contribution in [2.75, 3.05) is 27.8 Å². The van der Waals surface area contributed by atoms with E-state index in [1.807, 2.05) is 6.92 Å². The van der Waals surface area contributed by atoms with Crippen LogP contribution >= 0.6 is 0 Å². The molecular weight excluding hydrogens is 370 g/mol. The number of likely N-dealkylation sites (N-methyl/N-ethyl adjacent to an activating group) is 1. The molecular formula is C23H27NO5. The molecule has 0 aliphatic heterocycles. The molecule has 29 heavy (non-hydrogen) atoms. The third kappa shape index (κ3) is 6.10. The van der Waals surface area contributed by atoms with Crippen LogP contribution in [0.15, 0.2) is 48.5 Å². The van der Waals surface area contributed by atoms with Crippen molar-refractivity contribution < 1.29 is 23.8 Å². The Bertz CT molecular complexity index is 889. The normalized spacial score (nSPS) is 11.8. The first kappa shape index (κ1) is 22.0. The number of carbonyl (C=O) groups excluding carboxylic acids is 2. The van der Waals surface area contributed by atoms with Crippen molar-refractivity contribution in [1.82, 2.24) is 4.90 Å². The van der Waals surface area contributed by atoms with Crippen LogP contribution in [-0.2, 0) is 4.79 Å². The van der Waals surface area contributed by atoms with Crippen molar-refractivity contribution >= 4 is 17.8 Å². The van der Waals surface area contributed by atoms with Crippen molar-refractivity contribution in [2.45, 2.75) is 20.0 Å². The number of benzene rings is 2. The van der Waals surface area contributed by atoms with E-state index < -0.39 is 6.10 Å². The van der Waals surface area contributed by atoms with Crippen molar-refractivity contribution in [3.8, 4) is 17.2 Å². The molecule has 154 valence electrons. The van der Waals surface area contributed by atoms with Crippen LogP contribution in [0.2, 0.25) is 0 Å². The van der Waals surface area contributed by atoms with Crippen LogP contribution in [0.25, 0.3) is 6.08 Å². The fraction of sp³-hybridized carbons (Fsp3) is 0.304. The number of rotatable bonds is 9. The van der Waals surface area contributed by atoms with Gasteiger partial charge in [0.1, 0.15) is 5.75 Å². The fourth-order valence-corrected chi connectivity index (χ4v) is 2.64. The summed E-state index contributed by atoms with van der Waals surface area (Å²) in [4.78, 5) is 25.9. The first-order valence-electron chi connectivity index (χ1n) is 9.36. The molecule has 0 aliphatic carbocycles. The zero-order chi connectivity index (χ0) is 21.4. The third-order valence-electron chi connectivity index (χ3n) is 4.14. The number of ether oxygens (including phenoxy) is 3. The van der Waals surface area contributed by atoms with Gasteiger partial charge >= 0.3 is 0 Å². The quantitative estimate of drug-likeness (QED) is 0.475. The highest BCUT2D eigenvalue weighted by Gasteiger charge is 2.18. The number of hydrogen-bond acceptors (Lipinski definition) is 5. The van der Waals surface area contributed by atoms with E-state index in [1.165, 1.54) is 11.0 Å². The van der Waals surface area contributed by atoms with E-state index in [4.69, 9.17) is 14.2 Å². The van der Waals surface area contributed by atoms with Gasteiger partial charge in [0.2, 0.25) is 0 Å². The summed E-state index contributed by atoms with van der Waals surface area (Å²) in [7, 11) is 4.92. The van der Waals surface area contributed by atoms with E-state index in [9.17, 15) is 9.59 Å². The van der Waals surface area contributed by atoms with E-state index in [1.54, 1.807) is 76.7 Å². The van der Waals surface area contributed by atoms with Gasteiger partial charge in [-0.2, -0.15) is 0 Å². The van der Waals surface area contributed by atoms with E-state index in [0.29, 0.717) is 29.4 Å². The van der Waals surface area contributed by atoms with Gasteiger partial charge in [0.05, 0.1) is 13.7 Å². The second-order valence-corrected chi connectivity index (χ2v) is 6.56. The molecule has 6 nitrogen and oxygen atoms in total. The summed E-state index contributed by atoms with van der Waals surface area (Å²) in [5, 5.41) is 0. The predicted octanol–water partition coefficient (Wildman–Crippen LogP) is 3.85.